The molecule has 18 heavy (non-hydrogen) atoms. The van der Waals surface area contributed by atoms with Crippen molar-refractivity contribution in [2.45, 2.75) is 46.4 Å². The summed E-state index contributed by atoms with van der Waals surface area (Å²) in [4.78, 5) is 0. The third-order valence-corrected chi connectivity index (χ3v) is 2.76. The standard InChI is InChI=1S/C15H25NO2/c1-5-17-15(18-6-2)14(16)10-13-8-11(3)7-12(4)9-13/h7-9,14-15H,5-6,10,16H2,1-4H3. The molecule has 1 aromatic carbocycles. The minimum atomic E-state index is -0.319. The van der Waals surface area contributed by atoms with Crippen molar-refractivity contribution in [3.8, 4) is 0 Å². The molecule has 0 radical (unpaired) electrons. The van der Waals surface area contributed by atoms with E-state index in [0.29, 0.717) is 13.2 Å². The van der Waals surface area contributed by atoms with Crippen molar-refractivity contribution < 1.29 is 9.47 Å². The van der Waals surface area contributed by atoms with E-state index in [0.717, 1.165) is 6.42 Å². The van der Waals surface area contributed by atoms with E-state index in [1.54, 1.807) is 0 Å². The largest absolute Gasteiger partial charge is 0.351 e. The molecule has 0 spiro atoms. The van der Waals surface area contributed by atoms with E-state index in [1.165, 1.54) is 16.7 Å². The van der Waals surface area contributed by atoms with Crippen LogP contribution in [0.4, 0.5) is 0 Å². The molecule has 102 valence electrons. The zero-order chi connectivity index (χ0) is 13.5. The fraction of sp³-hybridized carbons (Fsp3) is 0.600. The van der Waals surface area contributed by atoms with Gasteiger partial charge >= 0.3 is 0 Å². The van der Waals surface area contributed by atoms with E-state index >= 15 is 0 Å². The first-order valence-electron chi connectivity index (χ1n) is 6.62. The average Bonchev–Trinajstić information content (AvgIpc) is 2.27. The van der Waals surface area contributed by atoms with E-state index in [1.807, 2.05) is 13.8 Å². The maximum atomic E-state index is 6.17. The molecule has 0 heterocycles. The van der Waals surface area contributed by atoms with Crippen LogP contribution in [0.5, 0.6) is 0 Å². The van der Waals surface area contributed by atoms with E-state index in [2.05, 4.69) is 32.0 Å². The number of benzene rings is 1. The highest BCUT2D eigenvalue weighted by atomic mass is 16.7. The second-order valence-electron chi connectivity index (χ2n) is 4.64. The van der Waals surface area contributed by atoms with Crippen molar-refractivity contribution in [1.29, 1.82) is 0 Å². The van der Waals surface area contributed by atoms with Gasteiger partial charge in [-0.25, -0.2) is 0 Å². The molecular formula is C15H25NO2. The van der Waals surface area contributed by atoms with Gasteiger partial charge in [-0.3, -0.25) is 0 Å². The maximum absolute atomic E-state index is 6.17. The Kier molecular flexibility index (Phi) is 6.33. The minimum absolute atomic E-state index is 0.133. The van der Waals surface area contributed by atoms with Crippen LogP contribution in [0.3, 0.4) is 0 Å². The third-order valence-electron chi connectivity index (χ3n) is 2.76. The first-order valence-corrected chi connectivity index (χ1v) is 6.62. The molecular weight excluding hydrogens is 226 g/mol. The molecule has 0 saturated carbocycles. The van der Waals surface area contributed by atoms with Gasteiger partial charge in [-0.05, 0) is 39.7 Å². The summed E-state index contributed by atoms with van der Waals surface area (Å²) in [6.45, 7) is 9.34. The molecule has 0 bridgehead atoms. The van der Waals surface area contributed by atoms with Crippen molar-refractivity contribution in [3.63, 3.8) is 0 Å². The van der Waals surface area contributed by atoms with E-state index in [9.17, 15) is 0 Å². The fourth-order valence-electron chi connectivity index (χ4n) is 2.18. The second-order valence-corrected chi connectivity index (χ2v) is 4.64. The minimum Gasteiger partial charge on any atom is -0.351 e. The first-order chi connectivity index (χ1) is 8.56. The Labute approximate surface area is 110 Å². The summed E-state index contributed by atoms with van der Waals surface area (Å²) in [6.07, 6.45) is 0.452. The molecule has 1 rings (SSSR count). The predicted molar refractivity (Wildman–Crippen MR) is 74.6 cm³/mol. The molecule has 2 N–H and O–H groups in total. The van der Waals surface area contributed by atoms with Crippen molar-refractivity contribution >= 4 is 0 Å². The van der Waals surface area contributed by atoms with Gasteiger partial charge < -0.3 is 15.2 Å². The van der Waals surface area contributed by atoms with E-state index < -0.39 is 0 Å². The SMILES string of the molecule is CCOC(OCC)C(N)Cc1cc(C)cc(C)c1. The fourth-order valence-corrected chi connectivity index (χ4v) is 2.18. The molecule has 3 heteroatoms. The molecule has 1 atom stereocenters. The van der Waals surface area contributed by atoms with Crippen LogP contribution in [0.2, 0.25) is 0 Å². The molecule has 1 aromatic rings. The normalized spacial score (nSPS) is 13.0. The van der Waals surface area contributed by atoms with Crippen LogP contribution in [-0.2, 0) is 15.9 Å². The summed E-state index contributed by atoms with van der Waals surface area (Å²) in [6, 6.07) is 6.37. The number of ether oxygens (including phenoxy) is 2. The second kappa shape index (κ2) is 7.52. The van der Waals surface area contributed by atoms with Gasteiger partial charge in [0.25, 0.3) is 0 Å². The highest BCUT2D eigenvalue weighted by Gasteiger charge is 2.18. The lowest BCUT2D eigenvalue weighted by Crippen LogP contribution is -2.40. The smallest absolute Gasteiger partial charge is 0.172 e. The zero-order valence-electron chi connectivity index (χ0n) is 11.9. The zero-order valence-corrected chi connectivity index (χ0v) is 11.9. The Bertz CT molecular complexity index is 339. The topological polar surface area (TPSA) is 44.5 Å². The molecule has 3 nitrogen and oxygen atoms in total. The Morgan fingerprint density at radius 1 is 1.00 bits per heavy atom. The van der Waals surface area contributed by atoms with Crippen LogP contribution in [0, 0.1) is 13.8 Å². The molecule has 1 unspecified atom stereocenters. The lowest BCUT2D eigenvalue weighted by Gasteiger charge is -2.23. The molecule has 0 amide bonds. The summed E-state index contributed by atoms with van der Waals surface area (Å²) in [5.74, 6) is 0. The number of rotatable bonds is 7. The van der Waals surface area contributed by atoms with E-state index in [4.69, 9.17) is 15.2 Å². The van der Waals surface area contributed by atoms with Crippen LogP contribution in [0.25, 0.3) is 0 Å². The Hall–Kier alpha value is -0.900. The van der Waals surface area contributed by atoms with E-state index in [-0.39, 0.29) is 12.3 Å². The monoisotopic (exact) mass is 251 g/mol. The van der Waals surface area contributed by atoms with Crippen molar-refractivity contribution in [1.82, 2.24) is 0 Å². The molecule has 0 saturated heterocycles. The van der Waals surface area contributed by atoms with Gasteiger partial charge in [-0.1, -0.05) is 29.3 Å². The van der Waals surface area contributed by atoms with Crippen molar-refractivity contribution in [2.24, 2.45) is 5.73 Å². The maximum Gasteiger partial charge on any atom is 0.172 e. The number of hydrogen-bond acceptors (Lipinski definition) is 3. The Morgan fingerprint density at radius 2 is 1.50 bits per heavy atom. The van der Waals surface area contributed by atoms with Gasteiger partial charge in [0.2, 0.25) is 0 Å². The summed E-state index contributed by atoms with van der Waals surface area (Å²) >= 11 is 0. The Balaban J connectivity index is 2.68. The van der Waals surface area contributed by atoms with Gasteiger partial charge in [0.1, 0.15) is 0 Å². The molecule has 0 aliphatic heterocycles. The third kappa shape index (κ3) is 4.77. The van der Waals surface area contributed by atoms with Crippen molar-refractivity contribution in [2.75, 3.05) is 13.2 Å². The lowest BCUT2D eigenvalue weighted by molar-refractivity contribution is -0.148. The molecule has 0 aliphatic rings. The quantitative estimate of drug-likeness (QED) is 0.757. The number of hydrogen-bond donors (Lipinski definition) is 1. The summed E-state index contributed by atoms with van der Waals surface area (Å²) in [7, 11) is 0. The van der Waals surface area contributed by atoms with Gasteiger partial charge in [0.05, 0.1) is 6.04 Å². The lowest BCUT2D eigenvalue weighted by atomic mass is 10.0. The predicted octanol–water partition coefficient (Wildman–Crippen LogP) is 2.57. The first kappa shape index (κ1) is 15.2. The van der Waals surface area contributed by atoms with Gasteiger partial charge in [-0.2, -0.15) is 0 Å². The van der Waals surface area contributed by atoms with Gasteiger partial charge in [0, 0.05) is 13.2 Å². The number of aryl methyl sites for hydroxylation is 2. The van der Waals surface area contributed by atoms with Crippen LogP contribution < -0.4 is 5.73 Å². The highest BCUT2D eigenvalue weighted by molar-refractivity contribution is 5.29. The van der Waals surface area contributed by atoms with Crippen molar-refractivity contribution in [3.05, 3.63) is 34.9 Å². The molecule has 0 aliphatic carbocycles. The van der Waals surface area contributed by atoms with Crippen LogP contribution in [0.15, 0.2) is 18.2 Å². The van der Waals surface area contributed by atoms with Gasteiger partial charge in [0.15, 0.2) is 6.29 Å². The number of nitrogens with two attached hydrogens (primary N) is 1. The van der Waals surface area contributed by atoms with Gasteiger partial charge in [-0.15, -0.1) is 0 Å². The van der Waals surface area contributed by atoms with Crippen LogP contribution in [-0.4, -0.2) is 25.5 Å². The summed E-state index contributed by atoms with van der Waals surface area (Å²) in [5, 5.41) is 0. The average molecular weight is 251 g/mol. The molecule has 0 fully saturated rings. The highest BCUT2D eigenvalue weighted by Crippen LogP contribution is 2.13. The summed E-state index contributed by atoms with van der Waals surface area (Å²) in [5.41, 5.74) is 9.94. The van der Waals surface area contributed by atoms with Crippen LogP contribution in [0.1, 0.15) is 30.5 Å². The van der Waals surface area contributed by atoms with Crippen LogP contribution >= 0.6 is 0 Å². The Morgan fingerprint density at radius 3 is 1.94 bits per heavy atom. The molecule has 0 aromatic heterocycles. The summed E-state index contributed by atoms with van der Waals surface area (Å²) < 4.78 is 11.1.